The van der Waals surface area contributed by atoms with Crippen molar-refractivity contribution in [3.05, 3.63) is 23.8 Å². The van der Waals surface area contributed by atoms with E-state index in [4.69, 9.17) is 15.2 Å². The molecule has 104 valence electrons. The quantitative estimate of drug-likeness (QED) is 0.845. The molecule has 1 heterocycles. The Bertz CT molecular complexity index is 442. The van der Waals surface area contributed by atoms with E-state index in [0.29, 0.717) is 26.4 Å². The van der Waals surface area contributed by atoms with Crippen molar-refractivity contribution in [2.75, 3.05) is 25.1 Å². The van der Waals surface area contributed by atoms with Crippen LogP contribution in [0.1, 0.15) is 18.9 Å². The average Bonchev–Trinajstić information content (AvgIpc) is 2.94. The van der Waals surface area contributed by atoms with E-state index in [1.165, 1.54) is 0 Å². The molecule has 2 rings (SSSR count). The summed E-state index contributed by atoms with van der Waals surface area (Å²) in [6.45, 7) is 4.07. The van der Waals surface area contributed by atoms with Crippen LogP contribution in [0, 0.1) is 5.92 Å². The molecule has 0 aromatic heterocycles. The van der Waals surface area contributed by atoms with Crippen LogP contribution in [0.3, 0.4) is 0 Å². The van der Waals surface area contributed by atoms with Crippen molar-refractivity contribution >= 4 is 11.6 Å². The van der Waals surface area contributed by atoms with E-state index >= 15 is 0 Å². The van der Waals surface area contributed by atoms with Crippen molar-refractivity contribution in [1.82, 2.24) is 0 Å². The molecule has 0 aliphatic carbocycles. The molecule has 1 atom stereocenters. The lowest BCUT2D eigenvalue weighted by Gasteiger charge is -2.13. The first-order valence-corrected chi connectivity index (χ1v) is 6.59. The highest BCUT2D eigenvalue weighted by molar-refractivity contribution is 5.93. The fraction of sp³-hybridized carbons (Fsp3) is 0.500. The molecule has 5 nitrogen and oxygen atoms in total. The SMILES string of the molecule is CCOc1ccc(NC(=O)C2CCOC2)cc1CN. The first-order valence-electron chi connectivity index (χ1n) is 6.59. The predicted octanol–water partition coefficient (Wildman–Crippen LogP) is 1.52. The smallest absolute Gasteiger partial charge is 0.229 e. The van der Waals surface area contributed by atoms with Gasteiger partial charge in [-0.15, -0.1) is 0 Å². The minimum absolute atomic E-state index is 0.00429. The van der Waals surface area contributed by atoms with Gasteiger partial charge in [0.2, 0.25) is 5.91 Å². The molecule has 0 bridgehead atoms. The van der Waals surface area contributed by atoms with E-state index in [-0.39, 0.29) is 11.8 Å². The Morgan fingerprint density at radius 2 is 2.42 bits per heavy atom. The largest absolute Gasteiger partial charge is 0.494 e. The third-order valence-corrected chi connectivity index (χ3v) is 3.15. The van der Waals surface area contributed by atoms with Gasteiger partial charge in [-0.1, -0.05) is 0 Å². The number of rotatable bonds is 5. The van der Waals surface area contributed by atoms with Gasteiger partial charge < -0.3 is 20.5 Å². The van der Waals surface area contributed by atoms with Crippen molar-refractivity contribution < 1.29 is 14.3 Å². The molecule has 1 aromatic carbocycles. The number of anilines is 1. The minimum Gasteiger partial charge on any atom is -0.494 e. The zero-order valence-electron chi connectivity index (χ0n) is 11.1. The van der Waals surface area contributed by atoms with Gasteiger partial charge in [-0.2, -0.15) is 0 Å². The number of amides is 1. The Morgan fingerprint density at radius 3 is 3.05 bits per heavy atom. The topological polar surface area (TPSA) is 73.6 Å². The minimum atomic E-state index is -0.0482. The van der Waals surface area contributed by atoms with E-state index in [1.807, 2.05) is 25.1 Å². The fourth-order valence-corrected chi connectivity index (χ4v) is 2.10. The third kappa shape index (κ3) is 3.45. The van der Waals surface area contributed by atoms with Crippen molar-refractivity contribution in [3.63, 3.8) is 0 Å². The number of benzene rings is 1. The van der Waals surface area contributed by atoms with Gasteiger partial charge >= 0.3 is 0 Å². The second-order valence-electron chi connectivity index (χ2n) is 4.51. The molecular formula is C14H20N2O3. The molecule has 1 aromatic rings. The highest BCUT2D eigenvalue weighted by Crippen LogP contribution is 2.23. The van der Waals surface area contributed by atoms with Gasteiger partial charge in [-0.25, -0.2) is 0 Å². The molecule has 1 aliphatic rings. The van der Waals surface area contributed by atoms with E-state index < -0.39 is 0 Å². The zero-order valence-corrected chi connectivity index (χ0v) is 11.1. The van der Waals surface area contributed by atoms with Crippen LogP contribution >= 0.6 is 0 Å². The van der Waals surface area contributed by atoms with Crippen LogP contribution in [-0.2, 0) is 16.1 Å². The summed E-state index contributed by atoms with van der Waals surface area (Å²) in [5.74, 6) is 0.727. The van der Waals surface area contributed by atoms with E-state index in [9.17, 15) is 4.79 Å². The van der Waals surface area contributed by atoms with E-state index in [1.54, 1.807) is 0 Å². The van der Waals surface area contributed by atoms with E-state index in [2.05, 4.69) is 5.32 Å². The molecule has 5 heteroatoms. The summed E-state index contributed by atoms with van der Waals surface area (Å²) in [6.07, 6.45) is 0.784. The molecule has 0 radical (unpaired) electrons. The molecule has 0 spiro atoms. The van der Waals surface area contributed by atoms with Gasteiger partial charge in [0.25, 0.3) is 0 Å². The highest BCUT2D eigenvalue weighted by Gasteiger charge is 2.23. The van der Waals surface area contributed by atoms with Crippen molar-refractivity contribution in [2.45, 2.75) is 19.9 Å². The van der Waals surface area contributed by atoms with Crippen molar-refractivity contribution in [1.29, 1.82) is 0 Å². The van der Waals surface area contributed by atoms with Gasteiger partial charge in [0.05, 0.1) is 19.1 Å². The Labute approximate surface area is 113 Å². The summed E-state index contributed by atoms with van der Waals surface area (Å²) < 4.78 is 10.7. The van der Waals surface area contributed by atoms with Gasteiger partial charge in [0.1, 0.15) is 5.75 Å². The Hall–Kier alpha value is -1.59. The second kappa shape index (κ2) is 6.54. The first-order chi connectivity index (χ1) is 9.24. The van der Waals surface area contributed by atoms with Crippen LogP contribution in [0.2, 0.25) is 0 Å². The van der Waals surface area contributed by atoms with Gasteiger partial charge in [-0.3, -0.25) is 4.79 Å². The zero-order chi connectivity index (χ0) is 13.7. The first kappa shape index (κ1) is 13.8. The standard InChI is InChI=1S/C14H20N2O3/c1-2-19-13-4-3-12(7-11(13)8-15)16-14(17)10-5-6-18-9-10/h3-4,7,10H,2,5-6,8-9,15H2,1H3,(H,16,17). The monoisotopic (exact) mass is 264 g/mol. The summed E-state index contributed by atoms with van der Waals surface area (Å²) >= 11 is 0. The summed E-state index contributed by atoms with van der Waals surface area (Å²) in [5, 5.41) is 2.90. The lowest BCUT2D eigenvalue weighted by Crippen LogP contribution is -2.22. The molecule has 1 saturated heterocycles. The number of ether oxygens (including phenoxy) is 2. The maximum atomic E-state index is 12.0. The van der Waals surface area contributed by atoms with Crippen LogP contribution < -0.4 is 15.8 Å². The summed E-state index contributed by atoms with van der Waals surface area (Å²) in [5.41, 5.74) is 7.33. The van der Waals surface area contributed by atoms with Gasteiger partial charge in [0, 0.05) is 24.4 Å². The lowest BCUT2D eigenvalue weighted by atomic mass is 10.1. The molecule has 1 amide bonds. The molecule has 1 unspecified atom stereocenters. The maximum absolute atomic E-state index is 12.0. The van der Waals surface area contributed by atoms with Crippen LogP contribution in [0.15, 0.2) is 18.2 Å². The normalized spacial score (nSPS) is 18.3. The van der Waals surface area contributed by atoms with Crippen molar-refractivity contribution in [3.8, 4) is 5.75 Å². The van der Waals surface area contributed by atoms with Crippen LogP contribution in [0.5, 0.6) is 5.75 Å². The number of hydrogen-bond acceptors (Lipinski definition) is 4. The Morgan fingerprint density at radius 1 is 1.58 bits per heavy atom. The second-order valence-corrected chi connectivity index (χ2v) is 4.51. The number of nitrogens with one attached hydrogen (secondary N) is 1. The highest BCUT2D eigenvalue weighted by atomic mass is 16.5. The molecule has 3 N–H and O–H groups in total. The molecule has 1 aliphatic heterocycles. The predicted molar refractivity (Wildman–Crippen MR) is 73.1 cm³/mol. The fourth-order valence-electron chi connectivity index (χ4n) is 2.10. The molecule has 1 fully saturated rings. The molecular weight excluding hydrogens is 244 g/mol. The Kier molecular flexibility index (Phi) is 4.76. The molecule has 0 saturated carbocycles. The van der Waals surface area contributed by atoms with E-state index in [0.717, 1.165) is 23.4 Å². The Balaban J connectivity index is 2.05. The van der Waals surface area contributed by atoms with Gasteiger partial charge in [-0.05, 0) is 31.5 Å². The average molecular weight is 264 g/mol. The third-order valence-electron chi connectivity index (χ3n) is 3.15. The van der Waals surface area contributed by atoms with Crippen LogP contribution in [0.25, 0.3) is 0 Å². The van der Waals surface area contributed by atoms with Crippen molar-refractivity contribution in [2.24, 2.45) is 11.7 Å². The maximum Gasteiger partial charge on any atom is 0.229 e. The van der Waals surface area contributed by atoms with Gasteiger partial charge in [0.15, 0.2) is 0 Å². The molecule has 19 heavy (non-hydrogen) atoms. The summed E-state index contributed by atoms with van der Waals surface area (Å²) in [4.78, 5) is 12.0. The summed E-state index contributed by atoms with van der Waals surface area (Å²) in [6, 6.07) is 5.53. The van der Waals surface area contributed by atoms with Crippen LogP contribution in [0.4, 0.5) is 5.69 Å². The number of carbonyl (C=O) groups is 1. The van der Waals surface area contributed by atoms with Crippen LogP contribution in [-0.4, -0.2) is 25.7 Å². The number of carbonyl (C=O) groups excluding carboxylic acids is 1. The summed E-state index contributed by atoms with van der Waals surface area (Å²) in [7, 11) is 0. The number of hydrogen-bond donors (Lipinski definition) is 2. The number of nitrogens with two attached hydrogens (primary N) is 1. The lowest BCUT2D eigenvalue weighted by molar-refractivity contribution is -0.119.